The predicted octanol–water partition coefficient (Wildman–Crippen LogP) is 4.76. The minimum Gasteiger partial charge on any atom is -0.268 e. The molecule has 1 heterocycles. The van der Waals surface area contributed by atoms with Gasteiger partial charge < -0.3 is 0 Å². The van der Waals surface area contributed by atoms with Crippen molar-refractivity contribution in [3.05, 3.63) is 67.1 Å². The average Bonchev–Trinajstić information content (AvgIpc) is 2.44. The van der Waals surface area contributed by atoms with E-state index in [1.807, 2.05) is 13.0 Å². The number of fused-ring (bicyclic) bond motifs is 1. The third-order valence-electron chi connectivity index (χ3n) is 3.28. The molecule has 0 saturated heterocycles. The van der Waals surface area contributed by atoms with Crippen LogP contribution < -0.4 is 5.56 Å². The Hall–Kier alpha value is -1.36. The summed E-state index contributed by atoms with van der Waals surface area (Å²) in [5, 5.41) is 1.05. The second kappa shape index (κ2) is 5.44. The van der Waals surface area contributed by atoms with E-state index in [4.69, 9.17) is 23.2 Å². The molecular formula is C15H9BrCl2N2O. The summed E-state index contributed by atoms with van der Waals surface area (Å²) < 4.78 is 2.17. The fourth-order valence-corrected chi connectivity index (χ4v) is 3.03. The molecule has 0 amide bonds. The van der Waals surface area contributed by atoms with Crippen LogP contribution in [0, 0.1) is 6.92 Å². The lowest BCUT2D eigenvalue weighted by molar-refractivity contribution is 0.962. The number of hydrogen-bond donors (Lipinski definition) is 0. The Balaban J connectivity index is 2.48. The Morgan fingerprint density at radius 2 is 1.86 bits per heavy atom. The minimum absolute atomic E-state index is 0.0855. The number of benzene rings is 2. The average molecular weight is 384 g/mol. The number of para-hydroxylation sites is 1. The van der Waals surface area contributed by atoms with Crippen LogP contribution in [0.25, 0.3) is 16.6 Å². The minimum atomic E-state index is -0.239. The molecule has 3 rings (SSSR count). The molecule has 1 aromatic heterocycles. The van der Waals surface area contributed by atoms with Gasteiger partial charge in [0.05, 0.1) is 21.6 Å². The van der Waals surface area contributed by atoms with Gasteiger partial charge in [0, 0.05) is 4.47 Å². The van der Waals surface area contributed by atoms with E-state index >= 15 is 0 Å². The van der Waals surface area contributed by atoms with Crippen LogP contribution in [0.2, 0.25) is 10.3 Å². The van der Waals surface area contributed by atoms with Crippen LogP contribution in [-0.2, 0) is 0 Å². The van der Waals surface area contributed by atoms with Crippen molar-refractivity contribution in [2.75, 3.05) is 0 Å². The fourth-order valence-electron chi connectivity index (χ4n) is 2.22. The number of rotatable bonds is 1. The molecule has 0 bridgehead atoms. The third-order valence-corrected chi connectivity index (χ3v) is 4.72. The normalized spacial score (nSPS) is 11.0. The summed E-state index contributed by atoms with van der Waals surface area (Å²) in [6, 6.07) is 10.6. The molecule has 0 radical (unpaired) electrons. The van der Waals surface area contributed by atoms with Crippen LogP contribution in [0.3, 0.4) is 0 Å². The van der Waals surface area contributed by atoms with Crippen molar-refractivity contribution in [2.45, 2.75) is 6.92 Å². The van der Waals surface area contributed by atoms with E-state index in [-0.39, 0.29) is 10.8 Å². The van der Waals surface area contributed by atoms with Crippen molar-refractivity contribution >= 4 is 50.0 Å². The molecule has 0 aliphatic rings. The predicted molar refractivity (Wildman–Crippen MR) is 89.8 cm³/mol. The summed E-state index contributed by atoms with van der Waals surface area (Å²) in [7, 11) is 0. The van der Waals surface area contributed by atoms with E-state index in [9.17, 15) is 4.79 Å². The van der Waals surface area contributed by atoms with Crippen molar-refractivity contribution in [3.63, 3.8) is 0 Å². The smallest absolute Gasteiger partial charge is 0.267 e. The largest absolute Gasteiger partial charge is 0.268 e. The molecular weight excluding hydrogens is 375 g/mol. The molecule has 2 aromatic carbocycles. The van der Waals surface area contributed by atoms with Gasteiger partial charge >= 0.3 is 0 Å². The number of nitrogens with zero attached hydrogens (tertiary/aromatic N) is 2. The maximum Gasteiger partial charge on any atom is 0.267 e. The van der Waals surface area contributed by atoms with Crippen LogP contribution >= 0.6 is 39.1 Å². The summed E-state index contributed by atoms with van der Waals surface area (Å²) in [4.78, 5) is 17.1. The van der Waals surface area contributed by atoms with Gasteiger partial charge in [0.25, 0.3) is 5.56 Å². The second-order valence-corrected chi connectivity index (χ2v) is 6.14. The Morgan fingerprint density at radius 3 is 2.57 bits per heavy atom. The summed E-state index contributed by atoms with van der Waals surface area (Å²) in [5.41, 5.74) is 1.66. The highest BCUT2D eigenvalue weighted by molar-refractivity contribution is 9.10. The van der Waals surface area contributed by atoms with Crippen LogP contribution in [0.5, 0.6) is 0 Å². The Bertz CT molecular complexity index is 921. The second-order valence-electron chi connectivity index (χ2n) is 4.54. The van der Waals surface area contributed by atoms with Gasteiger partial charge in [-0.2, -0.15) is 0 Å². The molecule has 106 valence electrons. The highest BCUT2D eigenvalue weighted by Crippen LogP contribution is 2.26. The van der Waals surface area contributed by atoms with Gasteiger partial charge in [-0.1, -0.05) is 39.7 Å². The van der Waals surface area contributed by atoms with Crippen molar-refractivity contribution in [3.8, 4) is 5.69 Å². The van der Waals surface area contributed by atoms with E-state index in [1.165, 1.54) is 4.57 Å². The lowest BCUT2D eigenvalue weighted by Gasteiger charge is -2.12. The van der Waals surface area contributed by atoms with Gasteiger partial charge in [-0.05, 0) is 48.4 Å². The molecule has 0 spiro atoms. The van der Waals surface area contributed by atoms with Crippen LogP contribution in [0.4, 0.5) is 0 Å². The Labute approximate surface area is 139 Å². The Morgan fingerprint density at radius 1 is 1.14 bits per heavy atom. The maximum atomic E-state index is 12.8. The molecule has 3 nitrogen and oxygen atoms in total. The highest BCUT2D eigenvalue weighted by atomic mass is 79.9. The Kier molecular flexibility index (Phi) is 3.78. The van der Waals surface area contributed by atoms with Gasteiger partial charge in [0.2, 0.25) is 5.28 Å². The quantitative estimate of drug-likeness (QED) is 0.567. The standard InChI is InChI=1S/C15H9BrCl2N2O/c1-8-9(16)6-7-11-13(8)14(21)20(15(18)19-11)12-5-3-2-4-10(12)17/h2-7H,1H3. The van der Waals surface area contributed by atoms with E-state index in [2.05, 4.69) is 20.9 Å². The SMILES string of the molecule is Cc1c(Br)ccc2nc(Cl)n(-c3ccccc3Cl)c(=O)c12. The summed E-state index contributed by atoms with van der Waals surface area (Å²) in [6.45, 7) is 1.86. The summed E-state index contributed by atoms with van der Waals surface area (Å²) in [6.07, 6.45) is 0. The topological polar surface area (TPSA) is 34.9 Å². The van der Waals surface area contributed by atoms with Crippen molar-refractivity contribution < 1.29 is 0 Å². The molecule has 0 aliphatic heterocycles. The molecule has 0 atom stereocenters. The van der Waals surface area contributed by atoms with Gasteiger partial charge in [-0.15, -0.1) is 0 Å². The van der Waals surface area contributed by atoms with Gasteiger partial charge in [0.15, 0.2) is 0 Å². The van der Waals surface area contributed by atoms with Gasteiger partial charge in [-0.3, -0.25) is 4.79 Å². The zero-order chi connectivity index (χ0) is 15.1. The van der Waals surface area contributed by atoms with Crippen LogP contribution in [-0.4, -0.2) is 9.55 Å². The van der Waals surface area contributed by atoms with Gasteiger partial charge in [-0.25, -0.2) is 9.55 Å². The molecule has 3 aromatic rings. The van der Waals surface area contributed by atoms with E-state index in [0.717, 1.165) is 10.0 Å². The third kappa shape index (κ3) is 2.37. The molecule has 0 unspecified atom stereocenters. The molecule has 0 N–H and O–H groups in total. The van der Waals surface area contributed by atoms with E-state index in [1.54, 1.807) is 30.3 Å². The van der Waals surface area contributed by atoms with Crippen molar-refractivity contribution in [2.24, 2.45) is 0 Å². The van der Waals surface area contributed by atoms with E-state index in [0.29, 0.717) is 21.6 Å². The molecule has 0 saturated carbocycles. The first kappa shape index (κ1) is 14.6. The zero-order valence-corrected chi connectivity index (χ0v) is 14.0. The summed E-state index contributed by atoms with van der Waals surface area (Å²) in [5.74, 6) is 0. The van der Waals surface area contributed by atoms with Crippen molar-refractivity contribution in [1.82, 2.24) is 9.55 Å². The first-order valence-electron chi connectivity index (χ1n) is 6.13. The zero-order valence-electron chi connectivity index (χ0n) is 10.9. The maximum absolute atomic E-state index is 12.8. The summed E-state index contributed by atoms with van der Waals surface area (Å²) >= 11 is 15.8. The monoisotopic (exact) mass is 382 g/mol. The fraction of sp³-hybridized carbons (Fsp3) is 0.0667. The molecule has 21 heavy (non-hydrogen) atoms. The number of aryl methyl sites for hydroxylation is 1. The van der Waals surface area contributed by atoms with Crippen LogP contribution in [0.15, 0.2) is 45.7 Å². The lowest BCUT2D eigenvalue weighted by Crippen LogP contribution is -2.21. The first-order valence-corrected chi connectivity index (χ1v) is 7.68. The molecule has 0 aliphatic carbocycles. The number of halogens is 3. The molecule has 0 fully saturated rings. The first-order chi connectivity index (χ1) is 10.0. The van der Waals surface area contributed by atoms with Crippen molar-refractivity contribution in [1.29, 1.82) is 0 Å². The molecule has 6 heteroatoms. The number of hydrogen-bond acceptors (Lipinski definition) is 2. The van der Waals surface area contributed by atoms with Gasteiger partial charge in [0.1, 0.15) is 0 Å². The lowest BCUT2D eigenvalue weighted by atomic mass is 10.1. The highest BCUT2D eigenvalue weighted by Gasteiger charge is 2.15. The van der Waals surface area contributed by atoms with E-state index < -0.39 is 0 Å². The van der Waals surface area contributed by atoms with Crippen LogP contribution in [0.1, 0.15) is 5.56 Å². The number of aromatic nitrogens is 2.